The molecule has 0 saturated carbocycles. The number of ether oxygens (including phenoxy) is 1. The smallest absolute Gasteiger partial charge is 0.243 e. The van der Waals surface area contributed by atoms with Crippen LogP contribution in [-0.4, -0.2) is 50.3 Å². The third kappa shape index (κ3) is 6.61. The van der Waals surface area contributed by atoms with Gasteiger partial charge in [0.25, 0.3) is 0 Å². The Balaban J connectivity index is 1.42. The molecule has 0 spiro atoms. The van der Waals surface area contributed by atoms with Crippen LogP contribution in [0.5, 0.6) is 0 Å². The van der Waals surface area contributed by atoms with Gasteiger partial charge in [0.15, 0.2) is 0 Å². The summed E-state index contributed by atoms with van der Waals surface area (Å²) in [6.45, 7) is 4.87. The van der Waals surface area contributed by atoms with Crippen LogP contribution in [0, 0.1) is 12.7 Å². The maximum atomic E-state index is 13.5. The van der Waals surface area contributed by atoms with E-state index in [0.29, 0.717) is 44.4 Å². The van der Waals surface area contributed by atoms with E-state index in [4.69, 9.17) is 27.9 Å². The zero-order valence-electron chi connectivity index (χ0n) is 19.3. The van der Waals surface area contributed by atoms with Crippen molar-refractivity contribution in [3.63, 3.8) is 0 Å². The molecule has 0 aromatic heterocycles. The lowest BCUT2D eigenvalue weighted by atomic mass is 10.1. The third-order valence-corrected chi connectivity index (χ3v) is 8.50. The van der Waals surface area contributed by atoms with Gasteiger partial charge in [0.05, 0.1) is 22.6 Å². The van der Waals surface area contributed by atoms with Crippen LogP contribution in [-0.2, 0) is 21.4 Å². The fourth-order valence-electron chi connectivity index (χ4n) is 4.10. The molecule has 35 heavy (non-hydrogen) atoms. The molecule has 0 radical (unpaired) electrons. The van der Waals surface area contributed by atoms with E-state index in [0.717, 1.165) is 23.3 Å². The van der Waals surface area contributed by atoms with E-state index < -0.39 is 15.8 Å². The first kappa shape index (κ1) is 26.1. The lowest BCUT2D eigenvalue weighted by molar-refractivity contribution is 0.00771. The Kier molecular flexibility index (Phi) is 8.47. The van der Waals surface area contributed by atoms with Gasteiger partial charge in [-0.15, -0.1) is 0 Å². The lowest BCUT2D eigenvalue weighted by Crippen LogP contribution is -2.49. The van der Waals surface area contributed by atoms with E-state index in [9.17, 15) is 12.8 Å². The van der Waals surface area contributed by atoms with Crippen LogP contribution in [0.4, 0.5) is 4.39 Å². The van der Waals surface area contributed by atoms with Gasteiger partial charge in [0.2, 0.25) is 10.0 Å². The SMILES string of the molecule is Cc1cccc(CO[C@@H](CN2CCN(S(=O)(=O)c3ccc(F)c(Cl)c3)CC2)c2ccc(Cl)cc2)c1. The van der Waals surface area contributed by atoms with E-state index in [1.165, 1.54) is 15.9 Å². The number of hydrogen-bond acceptors (Lipinski definition) is 4. The number of halogens is 3. The van der Waals surface area contributed by atoms with Crippen molar-refractivity contribution in [1.29, 1.82) is 0 Å². The molecule has 0 bridgehead atoms. The highest BCUT2D eigenvalue weighted by Gasteiger charge is 2.30. The molecular formula is C26H27Cl2FN2O3S. The van der Waals surface area contributed by atoms with Gasteiger partial charge in [-0.05, 0) is 48.4 Å². The predicted molar refractivity (Wildman–Crippen MR) is 137 cm³/mol. The van der Waals surface area contributed by atoms with Crippen molar-refractivity contribution in [3.05, 3.63) is 99.3 Å². The number of piperazine rings is 1. The first-order valence-corrected chi connectivity index (χ1v) is 13.5. The van der Waals surface area contributed by atoms with Crippen molar-refractivity contribution in [2.45, 2.75) is 24.5 Å². The molecule has 5 nitrogen and oxygen atoms in total. The molecule has 1 aliphatic rings. The molecule has 9 heteroatoms. The Morgan fingerprint density at radius 3 is 2.34 bits per heavy atom. The van der Waals surface area contributed by atoms with Crippen molar-refractivity contribution in [2.75, 3.05) is 32.7 Å². The van der Waals surface area contributed by atoms with Gasteiger partial charge >= 0.3 is 0 Å². The fraction of sp³-hybridized carbons (Fsp3) is 0.308. The van der Waals surface area contributed by atoms with Crippen molar-refractivity contribution in [2.24, 2.45) is 0 Å². The van der Waals surface area contributed by atoms with Gasteiger partial charge in [-0.2, -0.15) is 4.31 Å². The Bertz CT molecular complexity index is 1260. The highest BCUT2D eigenvalue weighted by atomic mass is 35.5. The average molecular weight is 537 g/mol. The Labute approximate surface area is 216 Å². The summed E-state index contributed by atoms with van der Waals surface area (Å²) in [5.74, 6) is -0.644. The summed E-state index contributed by atoms with van der Waals surface area (Å²) in [5, 5.41) is 0.451. The average Bonchev–Trinajstić information content (AvgIpc) is 2.84. The second kappa shape index (κ2) is 11.4. The first-order valence-electron chi connectivity index (χ1n) is 11.3. The van der Waals surface area contributed by atoms with Crippen molar-refractivity contribution >= 4 is 33.2 Å². The number of aryl methyl sites for hydroxylation is 1. The minimum atomic E-state index is -3.75. The summed E-state index contributed by atoms with van der Waals surface area (Å²) in [7, 11) is -3.75. The van der Waals surface area contributed by atoms with Gasteiger partial charge in [-0.3, -0.25) is 4.90 Å². The molecule has 0 aliphatic carbocycles. The summed E-state index contributed by atoms with van der Waals surface area (Å²) in [6.07, 6.45) is -0.202. The van der Waals surface area contributed by atoms with Crippen LogP contribution in [0.3, 0.4) is 0 Å². The molecule has 0 unspecified atom stereocenters. The van der Waals surface area contributed by atoms with Crippen LogP contribution in [0.2, 0.25) is 10.0 Å². The van der Waals surface area contributed by atoms with Gasteiger partial charge < -0.3 is 4.74 Å². The summed E-state index contributed by atoms with van der Waals surface area (Å²) in [6, 6.07) is 19.3. The second-order valence-electron chi connectivity index (χ2n) is 8.62. The van der Waals surface area contributed by atoms with E-state index in [2.05, 4.69) is 11.0 Å². The van der Waals surface area contributed by atoms with Gasteiger partial charge in [0, 0.05) is 37.7 Å². The zero-order valence-corrected chi connectivity index (χ0v) is 21.7. The normalized spacial score (nSPS) is 16.3. The lowest BCUT2D eigenvalue weighted by Gasteiger charge is -2.36. The first-order chi connectivity index (χ1) is 16.7. The molecule has 1 fully saturated rings. The molecule has 0 amide bonds. The van der Waals surface area contributed by atoms with Gasteiger partial charge in [-0.1, -0.05) is 65.2 Å². The van der Waals surface area contributed by atoms with Crippen LogP contribution in [0.1, 0.15) is 22.8 Å². The van der Waals surface area contributed by atoms with E-state index >= 15 is 0 Å². The Morgan fingerprint density at radius 2 is 1.69 bits per heavy atom. The molecule has 4 rings (SSSR count). The predicted octanol–water partition coefficient (Wildman–Crippen LogP) is 5.71. The zero-order chi connectivity index (χ0) is 25.0. The summed E-state index contributed by atoms with van der Waals surface area (Å²) < 4.78 is 47.3. The highest BCUT2D eigenvalue weighted by Crippen LogP contribution is 2.26. The quantitative estimate of drug-likeness (QED) is 0.370. The number of benzene rings is 3. The van der Waals surface area contributed by atoms with E-state index in [1.54, 1.807) is 0 Å². The van der Waals surface area contributed by atoms with Gasteiger partial charge in [0.1, 0.15) is 5.82 Å². The molecule has 1 aliphatic heterocycles. The third-order valence-electron chi connectivity index (χ3n) is 6.06. The van der Waals surface area contributed by atoms with Crippen molar-refractivity contribution in [3.8, 4) is 0 Å². The summed E-state index contributed by atoms with van der Waals surface area (Å²) in [4.78, 5) is 2.19. The fourth-order valence-corrected chi connectivity index (χ4v) is 5.92. The monoisotopic (exact) mass is 536 g/mol. The van der Waals surface area contributed by atoms with Crippen molar-refractivity contribution in [1.82, 2.24) is 9.21 Å². The van der Waals surface area contributed by atoms with Crippen LogP contribution in [0.25, 0.3) is 0 Å². The number of hydrogen-bond donors (Lipinski definition) is 0. The molecule has 1 saturated heterocycles. The molecule has 0 N–H and O–H groups in total. The molecule has 3 aromatic rings. The van der Waals surface area contributed by atoms with Crippen LogP contribution in [0.15, 0.2) is 71.6 Å². The van der Waals surface area contributed by atoms with Crippen LogP contribution >= 0.6 is 23.2 Å². The maximum absolute atomic E-state index is 13.5. The Morgan fingerprint density at radius 1 is 0.971 bits per heavy atom. The summed E-state index contributed by atoms with van der Waals surface area (Å²) >= 11 is 11.9. The molecule has 186 valence electrons. The molecule has 3 aromatic carbocycles. The number of nitrogens with zero attached hydrogens (tertiary/aromatic N) is 2. The minimum Gasteiger partial charge on any atom is -0.368 e. The van der Waals surface area contributed by atoms with E-state index in [1.807, 2.05) is 49.4 Å². The van der Waals surface area contributed by atoms with E-state index in [-0.39, 0.29) is 16.0 Å². The maximum Gasteiger partial charge on any atom is 0.243 e. The largest absolute Gasteiger partial charge is 0.368 e. The van der Waals surface area contributed by atoms with Crippen molar-refractivity contribution < 1.29 is 17.5 Å². The van der Waals surface area contributed by atoms with Crippen LogP contribution < -0.4 is 0 Å². The molecule has 1 atom stereocenters. The standard InChI is InChI=1S/C26H27Cl2FN2O3S/c1-19-3-2-4-20(15-19)18-34-26(21-5-7-22(27)8-6-21)17-30-11-13-31(14-12-30)35(32,33)23-9-10-25(29)24(28)16-23/h2-10,15-16,26H,11-14,17-18H2,1H3/t26-/m0/s1. The minimum absolute atomic E-state index is 0.00196. The Hall–Kier alpha value is -2.00. The second-order valence-corrected chi connectivity index (χ2v) is 11.4. The highest BCUT2D eigenvalue weighted by molar-refractivity contribution is 7.89. The number of rotatable bonds is 8. The number of sulfonamides is 1. The topological polar surface area (TPSA) is 49.9 Å². The van der Waals surface area contributed by atoms with Gasteiger partial charge in [-0.25, -0.2) is 12.8 Å². The molecule has 1 heterocycles. The molecular weight excluding hydrogens is 510 g/mol. The summed E-state index contributed by atoms with van der Waals surface area (Å²) in [5.41, 5.74) is 3.28.